The van der Waals surface area contributed by atoms with E-state index in [1.54, 1.807) is 0 Å². The average Bonchev–Trinajstić information content (AvgIpc) is 2.85. The highest BCUT2D eigenvalue weighted by atomic mass is 15.3. The molecule has 2 heterocycles. The Hall–Kier alpha value is -1.20. The molecule has 0 aromatic carbocycles. The molecule has 5 heteroatoms. The molecule has 1 aliphatic rings. The van der Waals surface area contributed by atoms with Crippen molar-refractivity contribution in [2.75, 3.05) is 45.2 Å². The standard InChI is InChI=1S/C15H27N5/c1-4-8-16-10-14-5-6-15(18-17-14)20(3)12-13-7-9-19(2)11-13/h5-6,13,16H,4,7-12H2,1-3H3. The molecule has 2 rings (SSSR count). The summed E-state index contributed by atoms with van der Waals surface area (Å²) in [5.74, 6) is 1.72. The number of nitrogens with one attached hydrogen (secondary N) is 1. The minimum absolute atomic E-state index is 0.748. The molecule has 1 aliphatic heterocycles. The molecule has 0 bridgehead atoms. The molecule has 1 aromatic heterocycles. The fourth-order valence-electron chi connectivity index (χ4n) is 2.70. The van der Waals surface area contributed by atoms with Crippen molar-refractivity contribution in [2.45, 2.75) is 26.3 Å². The maximum atomic E-state index is 4.34. The summed E-state index contributed by atoms with van der Waals surface area (Å²) in [6.07, 6.45) is 2.43. The third-order valence-corrected chi connectivity index (χ3v) is 3.85. The average molecular weight is 277 g/mol. The summed E-state index contributed by atoms with van der Waals surface area (Å²) < 4.78 is 0. The van der Waals surface area contributed by atoms with Gasteiger partial charge in [0, 0.05) is 26.7 Å². The van der Waals surface area contributed by atoms with Crippen molar-refractivity contribution in [3.63, 3.8) is 0 Å². The molecule has 1 N–H and O–H groups in total. The highest BCUT2D eigenvalue weighted by Gasteiger charge is 2.21. The van der Waals surface area contributed by atoms with Crippen molar-refractivity contribution >= 4 is 5.82 Å². The number of rotatable bonds is 7. The van der Waals surface area contributed by atoms with Gasteiger partial charge in [0.2, 0.25) is 0 Å². The first kappa shape index (κ1) is 15.2. The Balaban J connectivity index is 1.82. The normalized spacial score (nSPS) is 19.4. The summed E-state index contributed by atoms with van der Waals surface area (Å²) in [7, 11) is 4.30. The molecule has 1 unspecified atom stereocenters. The van der Waals surface area contributed by atoms with Crippen LogP contribution in [0.2, 0.25) is 0 Å². The molecule has 0 aliphatic carbocycles. The molecular formula is C15H27N5. The molecule has 5 nitrogen and oxygen atoms in total. The first-order chi connectivity index (χ1) is 9.69. The maximum Gasteiger partial charge on any atom is 0.150 e. The van der Waals surface area contributed by atoms with Gasteiger partial charge >= 0.3 is 0 Å². The molecule has 1 saturated heterocycles. The van der Waals surface area contributed by atoms with Gasteiger partial charge in [-0.15, -0.1) is 5.10 Å². The van der Waals surface area contributed by atoms with E-state index in [4.69, 9.17) is 0 Å². The fraction of sp³-hybridized carbons (Fsp3) is 0.733. The van der Waals surface area contributed by atoms with Crippen LogP contribution in [-0.2, 0) is 6.54 Å². The summed E-state index contributed by atoms with van der Waals surface area (Å²) in [5.41, 5.74) is 1.01. The van der Waals surface area contributed by atoms with E-state index in [9.17, 15) is 0 Å². The van der Waals surface area contributed by atoms with Gasteiger partial charge < -0.3 is 15.1 Å². The number of hydrogen-bond acceptors (Lipinski definition) is 5. The summed E-state index contributed by atoms with van der Waals surface area (Å²) in [4.78, 5) is 4.62. The number of aromatic nitrogens is 2. The first-order valence-electron chi connectivity index (χ1n) is 7.62. The summed E-state index contributed by atoms with van der Waals surface area (Å²) in [6.45, 7) is 7.46. The molecule has 0 saturated carbocycles. The highest BCUT2D eigenvalue weighted by Crippen LogP contribution is 2.17. The lowest BCUT2D eigenvalue weighted by atomic mass is 10.1. The van der Waals surface area contributed by atoms with Crippen molar-refractivity contribution in [2.24, 2.45) is 5.92 Å². The molecule has 20 heavy (non-hydrogen) atoms. The zero-order valence-corrected chi connectivity index (χ0v) is 13.0. The van der Waals surface area contributed by atoms with E-state index in [2.05, 4.69) is 58.5 Å². The second-order valence-corrected chi connectivity index (χ2v) is 5.86. The zero-order chi connectivity index (χ0) is 14.4. The van der Waals surface area contributed by atoms with Crippen LogP contribution in [0.3, 0.4) is 0 Å². The van der Waals surface area contributed by atoms with Crippen molar-refractivity contribution in [1.82, 2.24) is 20.4 Å². The Kier molecular flexibility index (Phi) is 5.73. The van der Waals surface area contributed by atoms with Crippen LogP contribution in [0.25, 0.3) is 0 Å². The second-order valence-electron chi connectivity index (χ2n) is 5.86. The van der Waals surface area contributed by atoms with Gasteiger partial charge in [0.25, 0.3) is 0 Å². The number of hydrogen-bond donors (Lipinski definition) is 1. The van der Waals surface area contributed by atoms with E-state index in [1.807, 2.05) is 0 Å². The molecule has 1 aromatic rings. The predicted octanol–water partition coefficient (Wildman–Crippen LogP) is 1.36. The van der Waals surface area contributed by atoms with Crippen molar-refractivity contribution in [3.8, 4) is 0 Å². The quantitative estimate of drug-likeness (QED) is 0.763. The Morgan fingerprint density at radius 2 is 2.25 bits per heavy atom. The van der Waals surface area contributed by atoms with Crippen LogP contribution >= 0.6 is 0 Å². The monoisotopic (exact) mass is 277 g/mol. The van der Waals surface area contributed by atoms with Crippen molar-refractivity contribution < 1.29 is 0 Å². The number of likely N-dealkylation sites (tertiary alicyclic amines) is 1. The van der Waals surface area contributed by atoms with E-state index in [0.717, 1.165) is 43.5 Å². The van der Waals surface area contributed by atoms with E-state index >= 15 is 0 Å². The minimum Gasteiger partial charge on any atom is -0.358 e. The summed E-state index contributed by atoms with van der Waals surface area (Å²) in [6, 6.07) is 4.15. The maximum absolute atomic E-state index is 4.34. The van der Waals surface area contributed by atoms with E-state index in [0.29, 0.717) is 0 Å². The molecule has 1 fully saturated rings. The molecule has 1 atom stereocenters. The smallest absolute Gasteiger partial charge is 0.150 e. The van der Waals surface area contributed by atoms with Gasteiger partial charge in [-0.3, -0.25) is 0 Å². The molecule has 0 amide bonds. The lowest BCUT2D eigenvalue weighted by molar-refractivity contribution is 0.395. The Labute approximate surface area is 122 Å². The molecular weight excluding hydrogens is 250 g/mol. The predicted molar refractivity (Wildman–Crippen MR) is 82.9 cm³/mol. The number of anilines is 1. The van der Waals surface area contributed by atoms with Gasteiger partial charge in [-0.25, -0.2) is 0 Å². The van der Waals surface area contributed by atoms with Crippen LogP contribution in [0.1, 0.15) is 25.5 Å². The topological polar surface area (TPSA) is 44.3 Å². The van der Waals surface area contributed by atoms with Crippen LogP contribution in [0.4, 0.5) is 5.82 Å². The van der Waals surface area contributed by atoms with Crippen LogP contribution in [-0.4, -0.2) is 55.4 Å². The highest BCUT2D eigenvalue weighted by molar-refractivity contribution is 5.36. The van der Waals surface area contributed by atoms with Crippen LogP contribution in [0, 0.1) is 5.92 Å². The van der Waals surface area contributed by atoms with Gasteiger partial charge in [0.15, 0.2) is 5.82 Å². The third-order valence-electron chi connectivity index (χ3n) is 3.85. The van der Waals surface area contributed by atoms with Crippen molar-refractivity contribution in [3.05, 3.63) is 17.8 Å². The Bertz CT molecular complexity index is 392. The van der Waals surface area contributed by atoms with Crippen LogP contribution in [0.5, 0.6) is 0 Å². The fourth-order valence-corrected chi connectivity index (χ4v) is 2.70. The van der Waals surface area contributed by atoms with E-state index in [-0.39, 0.29) is 0 Å². The summed E-state index contributed by atoms with van der Waals surface area (Å²) in [5, 5.41) is 12.0. The second kappa shape index (κ2) is 7.55. The largest absolute Gasteiger partial charge is 0.358 e. The van der Waals surface area contributed by atoms with Gasteiger partial charge in [0.05, 0.1) is 5.69 Å². The lowest BCUT2D eigenvalue weighted by Gasteiger charge is -2.21. The third kappa shape index (κ3) is 4.42. The Morgan fingerprint density at radius 1 is 1.40 bits per heavy atom. The Morgan fingerprint density at radius 3 is 2.85 bits per heavy atom. The SMILES string of the molecule is CCCNCc1ccc(N(C)CC2CCN(C)C2)nn1. The van der Waals surface area contributed by atoms with Crippen LogP contribution in [0.15, 0.2) is 12.1 Å². The van der Waals surface area contributed by atoms with Gasteiger partial charge in [-0.1, -0.05) is 6.92 Å². The number of nitrogens with zero attached hydrogens (tertiary/aromatic N) is 4. The summed E-state index contributed by atoms with van der Waals surface area (Å²) >= 11 is 0. The van der Waals surface area contributed by atoms with Gasteiger partial charge in [-0.2, -0.15) is 5.10 Å². The molecule has 0 spiro atoms. The van der Waals surface area contributed by atoms with Crippen molar-refractivity contribution in [1.29, 1.82) is 0 Å². The van der Waals surface area contributed by atoms with Gasteiger partial charge in [-0.05, 0) is 51.0 Å². The first-order valence-corrected chi connectivity index (χ1v) is 7.62. The molecule has 0 radical (unpaired) electrons. The zero-order valence-electron chi connectivity index (χ0n) is 13.0. The van der Waals surface area contributed by atoms with E-state index in [1.165, 1.54) is 19.5 Å². The van der Waals surface area contributed by atoms with E-state index < -0.39 is 0 Å². The van der Waals surface area contributed by atoms with Gasteiger partial charge in [0.1, 0.15) is 0 Å². The minimum atomic E-state index is 0.748. The van der Waals surface area contributed by atoms with Crippen LogP contribution < -0.4 is 10.2 Å². The lowest BCUT2D eigenvalue weighted by Crippen LogP contribution is -2.28. The molecule has 112 valence electrons.